The summed E-state index contributed by atoms with van der Waals surface area (Å²) in [5.41, 5.74) is 2.08. The van der Waals surface area contributed by atoms with Crippen molar-refractivity contribution >= 4 is 5.91 Å². The van der Waals surface area contributed by atoms with E-state index < -0.39 is 0 Å². The lowest BCUT2D eigenvalue weighted by Crippen LogP contribution is -2.25. The molecule has 2 rings (SSSR count). The molecule has 0 radical (unpaired) electrons. The van der Waals surface area contributed by atoms with Crippen LogP contribution in [0.15, 0.2) is 36.4 Å². The minimum absolute atomic E-state index is 0.0435. The van der Waals surface area contributed by atoms with Gasteiger partial charge >= 0.3 is 0 Å². The zero-order valence-electron chi connectivity index (χ0n) is 11.6. The summed E-state index contributed by atoms with van der Waals surface area (Å²) in [5.74, 6) is -0.552. The standard InChI is InChI=1S/C16H17NO4/c1-10-7-14(19)15(20)9-11(10)5-6-17-16(21)12-3-2-4-13(18)8-12/h2-4,7-9,18-20H,5-6H2,1H3,(H,17,21). The number of aryl methyl sites for hydroxylation is 1. The van der Waals surface area contributed by atoms with Crippen LogP contribution in [0, 0.1) is 6.92 Å². The summed E-state index contributed by atoms with van der Waals surface area (Å²) in [6.07, 6.45) is 0.532. The van der Waals surface area contributed by atoms with Crippen LogP contribution in [0.25, 0.3) is 0 Å². The summed E-state index contributed by atoms with van der Waals surface area (Å²) in [6, 6.07) is 9.10. The summed E-state index contributed by atoms with van der Waals surface area (Å²) >= 11 is 0. The molecule has 0 spiro atoms. The van der Waals surface area contributed by atoms with Gasteiger partial charge in [-0.3, -0.25) is 4.79 Å². The monoisotopic (exact) mass is 287 g/mol. The highest BCUT2D eigenvalue weighted by Crippen LogP contribution is 2.28. The van der Waals surface area contributed by atoms with Crippen molar-refractivity contribution < 1.29 is 20.1 Å². The molecule has 0 aliphatic rings. The molecule has 0 heterocycles. The molecule has 5 heteroatoms. The minimum atomic E-state index is -0.272. The van der Waals surface area contributed by atoms with E-state index in [0.29, 0.717) is 18.5 Å². The summed E-state index contributed by atoms with van der Waals surface area (Å²) in [7, 11) is 0. The van der Waals surface area contributed by atoms with Crippen molar-refractivity contribution in [3.8, 4) is 17.2 Å². The Kier molecular flexibility index (Phi) is 4.33. The zero-order valence-corrected chi connectivity index (χ0v) is 11.6. The Morgan fingerprint density at radius 2 is 1.81 bits per heavy atom. The predicted octanol–water partition coefficient (Wildman–Crippen LogP) is 2.08. The molecule has 0 saturated carbocycles. The van der Waals surface area contributed by atoms with Crippen LogP contribution < -0.4 is 5.32 Å². The number of carbonyl (C=O) groups excluding carboxylic acids is 1. The first kappa shape index (κ1) is 14.7. The Labute approximate surface area is 122 Å². The Bertz CT molecular complexity index is 667. The Morgan fingerprint density at radius 3 is 2.52 bits per heavy atom. The Hall–Kier alpha value is -2.69. The van der Waals surface area contributed by atoms with Crippen LogP contribution in [0.3, 0.4) is 0 Å². The van der Waals surface area contributed by atoms with E-state index in [2.05, 4.69) is 5.32 Å². The first-order chi connectivity index (χ1) is 9.97. The molecular formula is C16H17NO4. The van der Waals surface area contributed by atoms with Gasteiger partial charge in [-0.05, 0) is 54.8 Å². The van der Waals surface area contributed by atoms with Crippen molar-refractivity contribution in [3.63, 3.8) is 0 Å². The zero-order chi connectivity index (χ0) is 15.4. The number of rotatable bonds is 4. The number of hydrogen-bond donors (Lipinski definition) is 4. The van der Waals surface area contributed by atoms with Gasteiger partial charge in [0.25, 0.3) is 5.91 Å². The van der Waals surface area contributed by atoms with E-state index in [0.717, 1.165) is 11.1 Å². The molecule has 5 nitrogen and oxygen atoms in total. The molecule has 0 atom stereocenters. The molecule has 0 aliphatic carbocycles. The lowest BCUT2D eigenvalue weighted by Gasteiger charge is -2.09. The van der Waals surface area contributed by atoms with E-state index in [9.17, 15) is 20.1 Å². The second-order valence-corrected chi connectivity index (χ2v) is 4.82. The lowest BCUT2D eigenvalue weighted by molar-refractivity contribution is 0.0953. The van der Waals surface area contributed by atoms with Gasteiger partial charge in [0.05, 0.1) is 0 Å². The topological polar surface area (TPSA) is 89.8 Å². The molecule has 1 amide bonds. The minimum Gasteiger partial charge on any atom is -0.508 e. The summed E-state index contributed by atoms with van der Waals surface area (Å²) in [4.78, 5) is 11.9. The molecule has 2 aromatic rings. The number of hydrogen-bond acceptors (Lipinski definition) is 4. The van der Waals surface area contributed by atoms with Gasteiger partial charge in [0.15, 0.2) is 11.5 Å². The molecule has 0 saturated heterocycles. The molecule has 0 fully saturated rings. The largest absolute Gasteiger partial charge is 0.508 e. The van der Waals surface area contributed by atoms with Crippen LogP contribution in [0.1, 0.15) is 21.5 Å². The van der Waals surface area contributed by atoms with Gasteiger partial charge in [-0.1, -0.05) is 6.07 Å². The highest BCUT2D eigenvalue weighted by atomic mass is 16.3. The van der Waals surface area contributed by atoms with Crippen molar-refractivity contribution in [3.05, 3.63) is 53.1 Å². The number of carbonyl (C=O) groups is 1. The second kappa shape index (κ2) is 6.17. The number of nitrogens with one attached hydrogen (secondary N) is 1. The third-order valence-electron chi connectivity index (χ3n) is 3.22. The third-order valence-corrected chi connectivity index (χ3v) is 3.22. The van der Waals surface area contributed by atoms with E-state index in [1.54, 1.807) is 12.1 Å². The molecule has 2 aromatic carbocycles. The highest BCUT2D eigenvalue weighted by Gasteiger charge is 2.08. The van der Waals surface area contributed by atoms with Crippen LogP contribution in [0.5, 0.6) is 17.2 Å². The Balaban J connectivity index is 1.96. The maximum Gasteiger partial charge on any atom is 0.251 e. The van der Waals surface area contributed by atoms with Gasteiger partial charge in [-0.2, -0.15) is 0 Å². The van der Waals surface area contributed by atoms with E-state index in [1.165, 1.54) is 24.3 Å². The number of phenolic OH excluding ortho intramolecular Hbond substituents is 3. The van der Waals surface area contributed by atoms with Crippen LogP contribution in [-0.4, -0.2) is 27.8 Å². The SMILES string of the molecule is Cc1cc(O)c(O)cc1CCNC(=O)c1cccc(O)c1. The van der Waals surface area contributed by atoms with Crippen LogP contribution in [-0.2, 0) is 6.42 Å². The van der Waals surface area contributed by atoms with E-state index in [4.69, 9.17) is 0 Å². The fraction of sp³-hybridized carbons (Fsp3) is 0.188. The first-order valence-electron chi connectivity index (χ1n) is 6.56. The maximum absolute atomic E-state index is 11.9. The van der Waals surface area contributed by atoms with E-state index in [-0.39, 0.29) is 23.2 Å². The van der Waals surface area contributed by atoms with Crippen molar-refractivity contribution in [1.29, 1.82) is 0 Å². The first-order valence-corrected chi connectivity index (χ1v) is 6.56. The molecule has 21 heavy (non-hydrogen) atoms. The molecule has 0 bridgehead atoms. The van der Waals surface area contributed by atoms with Crippen LogP contribution >= 0.6 is 0 Å². The molecule has 0 aliphatic heterocycles. The third kappa shape index (κ3) is 3.66. The quantitative estimate of drug-likeness (QED) is 0.648. The lowest BCUT2D eigenvalue weighted by atomic mass is 10.0. The normalized spacial score (nSPS) is 10.3. The number of aromatic hydroxyl groups is 3. The molecule has 0 aromatic heterocycles. The predicted molar refractivity (Wildman–Crippen MR) is 78.7 cm³/mol. The van der Waals surface area contributed by atoms with Gasteiger partial charge in [0.1, 0.15) is 5.75 Å². The fourth-order valence-corrected chi connectivity index (χ4v) is 2.05. The van der Waals surface area contributed by atoms with Crippen molar-refractivity contribution in [2.45, 2.75) is 13.3 Å². The van der Waals surface area contributed by atoms with E-state index >= 15 is 0 Å². The average Bonchev–Trinajstić information content (AvgIpc) is 2.44. The van der Waals surface area contributed by atoms with E-state index in [1.807, 2.05) is 6.92 Å². The number of amides is 1. The summed E-state index contributed by atoms with van der Waals surface area (Å²) in [5, 5.41) is 30.9. The molecule has 4 N–H and O–H groups in total. The average molecular weight is 287 g/mol. The Morgan fingerprint density at radius 1 is 1.10 bits per heavy atom. The molecule has 110 valence electrons. The molecular weight excluding hydrogens is 270 g/mol. The summed E-state index contributed by atoms with van der Waals surface area (Å²) in [6.45, 7) is 2.21. The van der Waals surface area contributed by atoms with Crippen LogP contribution in [0.4, 0.5) is 0 Å². The maximum atomic E-state index is 11.9. The molecule has 0 unspecified atom stereocenters. The van der Waals surface area contributed by atoms with Crippen molar-refractivity contribution in [1.82, 2.24) is 5.32 Å². The van der Waals surface area contributed by atoms with Gasteiger partial charge in [-0.15, -0.1) is 0 Å². The van der Waals surface area contributed by atoms with Gasteiger partial charge in [0, 0.05) is 12.1 Å². The number of phenols is 3. The van der Waals surface area contributed by atoms with Gasteiger partial charge in [-0.25, -0.2) is 0 Å². The highest BCUT2D eigenvalue weighted by molar-refractivity contribution is 5.94. The van der Waals surface area contributed by atoms with Crippen molar-refractivity contribution in [2.24, 2.45) is 0 Å². The van der Waals surface area contributed by atoms with Gasteiger partial charge < -0.3 is 20.6 Å². The number of benzene rings is 2. The van der Waals surface area contributed by atoms with Crippen molar-refractivity contribution in [2.75, 3.05) is 6.54 Å². The smallest absolute Gasteiger partial charge is 0.251 e. The van der Waals surface area contributed by atoms with Crippen LogP contribution in [0.2, 0.25) is 0 Å². The fourth-order valence-electron chi connectivity index (χ4n) is 2.05. The summed E-state index contributed by atoms with van der Waals surface area (Å²) < 4.78 is 0. The second-order valence-electron chi connectivity index (χ2n) is 4.82. The van der Waals surface area contributed by atoms with Gasteiger partial charge in [0.2, 0.25) is 0 Å².